The Kier molecular flexibility index (Phi) is 4.43. The van der Waals surface area contributed by atoms with Crippen LogP contribution in [0.15, 0.2) is 24.3 Å². The molecule has 5 heteroatoms. The third kappa shape index (κ3) is 4.33. The second kappa shape index (κ2) is 5.87. The van der Waals surface area contributed by atoms with Gasteiger partial charge in [-0.05, 0) is 31.2 Å². The van der Waals surface area contributed by atoms with Crippen LogP contribution in [0.25, 0.3) is 0 Å². The highest BCUT2D eigenvalue weighted by Gasteiger charge is 1.96. The van der Waals surface area contributed by atoms with Gasteiger partial charge >= 0.3 is 6.03 Å². The quantitative estimate of drug-likeness (QED) is 0.572. The van der Waals surface area contributed by atoms with Gasteiger partial charge in [0.15, 0.2) is 6.79 Å². The normalized spacial score (nSPS) is 9.67. The summed E-state index contributed by atoms with van der Waals surface area (Å²) in [6.07, 6.45) is 0. The van der Waals surface area contributed by atoms with Crippen molar-refractivity contribution in [3.63, 3.8) is 0 Å². The first-order valence-corrected chi connectivity index (χ1v) is 4.59. The number of urea groups is 1. The lowest BCUT2D eigenvalue weighted by Crippen LogP contribution is -2.19. The molecule has 1 aromatic carbocycles. The number of anilines is 1. The molecule has 0 atom stereocenters. The van der Waals surface area contributed by atoms with E-state index in [0.717, 1.165) is 0 Å². The minimum Gasteiger partial charge on any atom is -0.468 e. The molecule has 0 aliphatic carbocycles. The number of carbonyl (C=O) groups excluding carboxylic acids is 1. The van der Waals surface area contributed by atoms with Crippen molar-refractivity contribution in [3.05, 3.63) is 24.3 Å². The van der Waals surface area contributed by atoms with Crippen molar-refractivity contribution in [2.24, 2.45) is 5.73 Å². The molecule has 3 N–H and O–H groups in total. The van der Waals surface area contributed by atoms with Crippen LogP contribution in [0.5, 0.6) is 5.75 Å². The number of benzene rings is 1. The summed E-state index contributed by atoms with van der Waals surface area (Å²) in [4.78, 5) is 10.5. The van der Waals surface area contributed by atoms with Gasteiger partial charge in [-0.1, -0.05) is 0 Å². The van der Waals surface area contributed by atoms with Gasteiger partial charge in [-0.3, -0.25) is 0 Å². The molecule has 0 radical (unpaired) electrons. The number of amides is 2. The molecule has 1 aromatic rings. The van der Waals surface area contributed by atoms with Crippen molar-refractivity contribution in [1.82, 2.24) is 0 Å². The summed E-state index contributed by atoms with van der Waals surface area (Å²) < 4.78 is 10.3. The lowest BCUT2D eigenvalue weighted by molar-refractivity contribution is 0.0224. The zero-order valence-corrected chi connectivity index (χ0v) is 8.53. The van der Waals surface area contributed by atoms with Gasteiger partial charge in [0.05, 0.1) is 0 Å². The predicted molar refractivity (Wildman–Crippen MR) is 56.8 cm³/mol. The average molecular weight is 210 g/mol. The van der Waals surface area contributed by atoms with Crippen molar-refractivity contribution in [2.45, 2.75) is 6.92 Å². The van der Waals surface area contributed by atoms with Gasteiger partial charge in [0, 0.05) is 12.3 Å². The van der Waals surface area contributed by atoms with Gasteiger partial charge in [-0.15, -0.1) is 0 Å². The fourth-order valence-electron chi connectivity index (χ4n) is 0.970. The fraction of sp³-hybridized carbons (Fsp3) is 0.300. The fourth-order valence-corrected chi connectivity index (χ4v) is 0.970. The van der Waals surface area contributed by atoms with Crippen LogP contribution in [0.2, 0.25) is 0 Å². The van der Waals surface area contributed by atoms with Gasteiger partial charge < -0.3 is 20.5 Å². The highest BCUT2D eigenvalue weighted by Crippen LogP contribution is 2.15. The van der Waals surface area contributed by atoms with E-state index in [9.17, 15) is 4.79 Å². The molecule has 0 spiro atoms. The van der Waals surface area contributed by atoms with Crippen molar-refractivity contribution in [2.75, 3.05) is 18.7 Å². The van der Waals surface area contributed by atoms with Crippen LogP contribution in [0, 0.1) is 0 Å². The van der Waals surface area contributed by atoms with Gasteiger partial charge in [0.2, 0.25) is 0 Å². The molecule has 0 saturated carbocycles. The maximum atomic E-state index is 10.5. The summed E-state index contributed by atoms with van der Waals surface area (Å²) in [7, 11) is 0. The molecule has 0 aromatic heterocycles. The zero-order valence-electron chi connectivity index (χ0n) is 8.53. The van der Waals surface area contributed by atoms with Crippen molar-refractivity contribution < 1.29 is 14.3 Å². The van der Waals surface area contributed by atoms with E-state index in [2.05, 4.69) is 5.32 Å². The Balaban J connectivity index is 2.45. The molecule has 0 aliphatic heterocycles. The molecular formula is C10H14N2O3. The number of rotatable bonds is 5. The largest absolute Gasteiger partial charge is 0.468 e. The van der Waals surface area contributed by atoms with Crippen molar-refractivity contribution in [3.8, 4) is 5.75 Å². The number of carbonyl (C=O) groups is 1. The molecule has 0 saturated heterocycles. The Hall–Kier alpha value is -1.75. The maximum Gasteiger partial charge on any atom is 0.316 e. The van der Waals surface area contributed by atoms with Crippen LogP contribution < -0.4 is 15.8 Å². The molecule has 5 nitrogen and oxygen atoms in total. The summed E-state index contributed by atoms with van der Waals surface area (Å²) in [5, 5.41) is 2.45. The first kappa shape index (κ1) is 11.3. The summed E-state index contributed by atoms with van der Waals surface area (Å²) >= 11 is 0. The van der Waals surface area contributed by atoms with Crippen LogP contribution in [-0.4, -0.2) is 19.4 Å². The average Bonchev–Trinajstić information content (AvgIpc) is 2.20. The first-order valence-electron chi connectivity index (χ1n) is 4.59. The van der Waals surface area contributed by atoms with E-state index < -0.39 is 6.03 Å². The molecule has 82 valence electrons. The minimum absolute atomic E-state index is 0.221. The molecule has 1 rings (SSSR count). The van der Waals surface area contributed by atoms with Crippen LogP contribution in [0.3, 0.4) is 0 Å². The maximum absolute atomic E-state index is 10.5. The monoisotopic (exact) mass is 210 g/mol. The lowest BCUT2D eigenvalue weighted by Gasteiger charge is -2.06. The molecule has 2 amide bonds. The number of hydrogen-bond acceptors (Lipinski definition) is 3. The molecular weight excluding hydrogens is 196 g/mol. The highest BCUT2D eigenvalue weighted by atomic mass is 16.7. The Labute approximate surface area is 88.2 Å². The van der Waals surface area contributed by atoms with E-state index >= 15 is 0 Å². The number of nitrogens with two attached hydrogens (primary N) is 1. The zero-order chi connectivity index (χ0) is 11.1. The van der Waals surface area contributed by atoms with Gasteiger partial charge in [-0.2, -0.15) is 0 Å². The van der Waals surface area contributed by atoms with Crippen LogP contribution in [-0.2, 0) is 4.74 Å². The van der Waals surface area contributed by atoms with E-state index in [0.29, 0.717) is 18.0 Å². The van der Waals surface area contributed by atoms with Crippen molar-refractivity contribution >= 4 is 11.7 Å². The van der Waals surface area contributed by atoms with Crippen LogP contribution >= 0.6 is 0 Å². The Morgan fingerprint density at radius 2 is 2.07 bits per heavy atom. The summed E-state index contributed by atoms with van der Waals surface area (Å²) in [6, 6.07) is 6.27. The lowest BCUT2D eigenvalue weighted by atomic mass is 10.3. The smallest absolute Gasteiger partial charge is 0.316 e. The molecule has 0 aliphatic rings. The number of primary amides is 1. The molecule has 15 heavy (non-hydrogen) atoms. The van der Waals surface area contributed by atoms with E-state index in [1.807, 2.05) is 6.92 Å². The number of ether oxygens (including phenoxy) is 2. The summed E-state index contributed by atoms with van der Waals surface area (Å²) in [5.41, 5.74) is 5.59. The van der Waals surface area contributed by atoms with Crippen LogP contribution in [0.4, 0.5) is 10.5 Å². The Morgan fingerprint density at radius 1 is 1.40 bits per heavy atom. The van der Waals surface area contributed by atoms with Gasteiger partial charge in [-0.25, -0.2) is 4.79 Å². The van der Waals surface area contributed by atoms with E-state index in [1.165, 1.54) is 0 Å². The molecule has 0 bridgehead atoms. The van der Waals surface area contributed by atoms with E-state index in [1.54, 1.807) is 24.3 Å². The molecule has 0 fully saturated rings. The number of hydrogen-bond donors (Lipinski definition) is 2. The Bertz CT molecular complexity index is 311. The topological polar surface area (TPSA) is 73.6 Å². The standard InChI is InChI=1S/C10H14N2O3/c1-2-14-7-15-9-5-3-8(4-6-9)12-10(11)13/h3-6H,2,7H2,1H3,(H3,11,12,13). The third-order valence-corrected chi connectivity index (χ3v) is 1.63. The molecule has 0 unspecified atom stereocenters. The summed E-state index contributed by atoms with van der Waals surface area (Å²) in [5.74, 6) is 0.679. The van der Waals surface area contributed by atoms with E-state index in [4.69, 9.17) is 15.2 Å². The second-order valence-corrected chi connectivity index (χ2v) is 2.77. The third-order valence-electron chi connectivity index (χ3n) is 1.63. The predicted octanol–water partition coefficient (Wildman–Crippen LogP) is 1.55. The second-order valence-electron chi connectivity index (χ2n) is 2.77. The highest BCUT2D eigenvalue weighted by molar-refractivity contribution is 5.87. The van der Waals surface area contributed by atoms with E-state index in [-0.39, 0.29) is 6.79 Å². The van der Waals surface area contributed by atoms with Crippen LogP contribution in [0.1, 0.15) is 6.92 Å². The van der Waals surface area contributed by atoms with Gasteiger partial charge in [0.1, 0.15) is 5.75 Å². The van der Waals surface area contributed by atoms with Gasteiger partial charge in [0.25, 0.3) is 0 Å². The Morgan fingerprint density at radius 3 is 2.60 bits per heavy atom. The van der Waals surface area contributed by atoms with Crippen molar-refractivity contribution in [1.29, 1.82) is 0 Å². The SMILES string of the molecule is CCOCOc1ccc(NC(N)=O)cc1. The molecule has 0 heterocycles. The summed E-state index contributed by atoms with van der Waals surface area (Å²) in [6.45, 7) is 2.73. The first-order chi connectivity index (χ1) is 7.22. The number of nitrogens with one attached hydrogen (secondary N) is 1. The minimum atomic E-state index is -0.585.